The second kappa shape index (κ2) is 12.9. The molecule has 0 aromatic heterocycles. The van der Waals surface area contributed by atoms with Crippen LogP contribution < -0.4 is 0 Å². The first-order chi connectivity index (χ1) is 11.8. The van der Waals surface area contributed by atoms with Crippen molar-refractivity contribution in [2.75, 3.05) is 52.8 Å². The molecule has 4 atom stereocenters. The molecule has 0 bridgehead atoms. The molecule has 1 saturated carbocycles. The molecule has 0 saturated heterocycles. The molecule has 1 aliphatic rings. The van der Waals surface area contributed by atoms with Crippen molar-refractivity contribution in [1.82, 2.24) is 9.80 Å². The lowest BCUT2D eigenvalue weighted by Gasteiger charge is -2.36. The SMILES string of the molecule is CC1CCC(CCC(SCCN(C)C)C(C)C)C(SCCN(C)C)C1. The second-order valence-electron chi connectivity index (χ2n) is 8.92. The monoisotopic (exact) mass is 388 g/mol. The van der Waals surface area contributed by atoms with Crippen molar-refractivity contribution < 1.29 is 0 Å². The molecule has 2 nitrogen and oxygen atoms in total. The number of thioether (sulfide) groups is 2. The third-order valence-electron chi connectivity index (χ3n) is 5.50. The molecule has 0 heterocycles. The normalized spacial score (nSPS) is 25.9. The van der Waals surface area contributed by atoms with Gasteiger partial charge in [0.25, 0.3) is 0 Å². The van der Waals surface area contributed by atoms with Crippen molar-refractivity contribution in [3.8, 4) is 0 Å². The molecule has 0 radical (unpaired) electrons. The molecule has 25 heavy (non-hydrogen) atoms. The maximum atomic E-state index is 2.46. The highest BCUT2D eigenvalue weighted by molar-refractivity contribution is 8.00. The van der Waals surface area contributed by atoms with Gasteiger partial charge in [-0.3, -0.25) is 0 Å². The van der Waals surface area contributed by atoms with Crippen LogP contribution in [-0.4, -0.2) is 73.1 Å². The summed E-state index contributed by atoms with van der Waals surface area (Å²) in [5.74, 6) is 5.27. The van der Waals surface area contributed by atoms with Crippen LogP contribution in [-0.2, 0) is 0 Å². The van der Waals surface area contributed by atoms with Gasteiger partial charge in [0.2, 0.25) is 0 Å². The van der Waals surface area contributed by atoms with E-state index in [1.165, 1.54) is 56.7 Å². The van der Waals surface area contributed by atoms with E-state index in [0.717, 1.165) is 28.3 Å². The summed E-state index contributed by atoms with van der Waals surface area (Å²) in [5, 5.41) is 1.75. The number of hydrogen-bond acceptors (Lipinski definition) is 4. The van der Waals surface area contributed by atoms with Gasteiger partial charge in [0.1, 0.15) is 0 Å². The van der Waals surface area contributed by atoms with Gasteiger partial charge in [0.15, 0.2) is 0 Å². The minimum absolute atomic E-state index is 0.800. The van der Waals surface area contributed by atoms with E-state index in [4.69, 9.17) is 0 Å². The van der Waals surface area contributed by atoms with Gasteiger partial charge in [-0.05, 0) is 71.6 Å². The Morgan fingerprint density at radius 1 is 0.960 bits per heavy atom. The Morgan fingerprint density at radius 3 is 2.20 bits per heavy atom. The van der Waals surface area contributed by atoms with E-state index in [0.29, 0.717) is 0 Å². The average molecular weight is 389 g/mol. The van der Waals surface area contributed by atoms with E-state index in [1.54, 1.807) is 0 Å². The van der Waals surface area contributed by atoms with E-state index >= 15 is 0 Å². The Labute approximate surface area is 167 Å². The number of rotatable bonds is 12. The van der Waals surface area contributed by atoms with Gasteiger partial charge in [0, 0.05) is 35.1 Å². The van der Waals surface area contributed by atoms with Crippen LogP contribution in [0.1, 0.15) is 52.9 Å². The van der Waals surface area contributed by atoms with Gasteiger partial charge >= 0.3 is 0 Å². The predicted octanol–water partition coefficient (Wildman–Crippen LogP) is 5.19. The van der Waals surface area contributed by atoms with Crippen LogP contribution in [0.4, 0.5) is 0 Å². The number of hydrogen-bond donors (Lipinski definition) is 0. The first kappa shape index (κ1) is 23.7. The molecule has 150 valence electrons. The summed E-state index contributed by atoms with van der Waals surface area (Å²) >= 11 is 4.48. The highest BCUT2D eigenvalue weighted by atomic mass is 32.2. The van der Waals surface area contributed by atoms with E-state index < -0.39 is 0 Å². The van der Waals surface area contributed by atoms with E-state index in [-0.39, 0.29) is 0 Å². The predicted molar refractivity (Wildman–Crippen MR) is 120 cm³/mol. The van der Waals surface area contributed by atoms with Gasteiger partial charge in [-0.25, -0.2) is 0 Å². The van der Waals surface area contributed by atoms with Crippen molar-refractivity contribution in [2.24, 2.45) is 17.8 Å². The lowest BCUT2D eigenvalue weighted by Crippen LogP contribution is -2.29. The zero-order valence-corrected chi connectivity index (χ0v) is 19.6. The molecule has 1 fully saturated rings. The fourth-order valence-electron chi connectivity index (χ4n) is 3.69. The summed E-state index contributed by atoms with van der Waals surface area (Å²) in [6, 6.07) is 0. The summed E-state index contributed by atoms with van der Waals surface area (Å²) in [5.41, 5.74) is 0. The van der Waals surface area contributed by atoms with Gasteiger partial charge in [-0.2, -0.15) is 23.5 Å². The Morgan fingerprint density at radius 2 is 1.60 bits per heavy atom. The Balaban J connectivity index is 2.45. The zero-order chi connectivity index (χ0) is 18.8. The third kappa shape index (κ3) is 10.5. The second-order valence-corrected chi connectivity index (χ2v) is 11.6. The summed E-state index contributed by atoms with van der Waals surface area (Å²) in [4.78, 5) is 4.63. The Hall–Kier alpha value is 0.620. The van der Waals surface area contributed by atoms with Gasteiger partial charge in [-0.1, -0.05) is 27.2 Å². The van der Waals surface area contributed by atoms with Crippen LogP contribution in [0.25, 0.3) is 0 Å². The summed E-state index contributed by atoms with van der Waals surface area (Å²) < 4.78 is 0. The molecule has 4 heteroatoms. The minimum Gasteiger partial charge on any atom is -0.309 e. The highest BCUT2D eigenvalue weighted by Crippen LogP contribution is 2.40. The minimum atomic E-state index is 0.800. The Kier molecular flexibility index (Phi) is 12.2. The summed E-state index contributed by atoms with van der Waals surface area (Å²) in [6.07, 6.45) is 7.23. The van der Waals surface area contributed by atoms with Gasteiger partial charge < -0.3 is 9.80 Å². The van der Waals surface area contributed by atoms with Crippen molar-refractivity contribution in [3.63, 3.8) is 0 Å². The maximum absolute atomic E-state index is 2.46. The molecular weight excluding hydrogens is 344 g/mol. The Bertz CT molecular complexity index is 334. The average Bonchev–Trinajstić information content (AvgIpc) is 2.51. The first-order valence-corrected chi connectivity index (χ1v) is 12.4. The lowest BCUT2D eigenvalue weighted by atomic mass is 9.80. The standard InChI is InChI=1S/C21H44N2S2/c1-17(2)20(24-14-12-22(4)5)11-10-19-9-8-18(3)16-21(19)25-15-13-23(6)7/h17-21H,8-16H2,1-7H3. The van der Waals surface area contributed by atoms with Crippen molar-refractivity contribution >= 4 is 23.5 Å². The van der Waals surface area contributed by atoms with Gasteiger partial charge in [-0.15, -0.1) is 0 Å². The molecule has 1 aliphatic carbocycles. The number of nitrogens with zero attached hydrogens (tertiary/aromatic N) is 2. The fourth-order valence-corrected chi connectivity index (χ4v) is 6.93. The van der Waals surface area contributed by atoms with Crippen LogP contribution in [0.2, 0.25) is 0 Å². The summed E-state index contributed by atoms with van der Waals surface area (Å²) in [7, 11) is 8.76. The van der Waals surface area contributed by atoms with Gasteiger partial charge in [0.05, 0.1) is 0 Å². The van der Waals surface area contributed by atoms with E-state index in [2.05, 4.69) is 82.3 Å². The first-order valence-electron chi connectivity index (χ1n) is 10.3. The van der Waals surface area contributed by atoms with Crippen LogP contribution in [0, 0.1) is 17.8 Å². The van der Waals surface area contributed by atoms with Crippen LogP contribution in [0.15, 0.2) is 0 Å². The molecule has 0 aromatic carbocycles. The largest absolute Gasteiger partial charge is 0.309 e. The molecule has 0 spiro atoms. The maximum Gasteiger partial charge on any atom is 0.00783 e. The zero-order valence-electron chi connectivity index (χ0n) is 18.0. The molecule has 4 unspecified atom stereocenters. The lowest BCUT2D eigenvalue weighted by molar-refractivity contribution is 0.279. The summed E-state index contributed by atoms with van der Waals surface area (Å²) in [6.45, 7) is 9.72. The van der Waals surface area contributed by atoms with Crippen molar-refractivity contribution in [2.45, 2.75) is 63.4 Å². The molecule has 0 aromatic rings. The topological polar surface area (TPSA) is 6.48 Å². The van der Waals surface area contributed by atoms with Crippen LogP contribution >= 0.6 is 23.5 Å². The molecule has 0 aliphatic heterocycles. The van der Waals surface area contributed by atoms with Crippen molar-refractivity contribution in [1.29, 1.82) is 0 Å². The van der Waals surface area contributed by atoms with Crippen molar-refractivity contribution in [3.05, 3.63) is 0 Å². The van der Waals surface area contributed by atoms with Crippen LogP contribution in [0.5, 0.6) is 0 Å². The molecule has 0 N–H and O–H groups in total. The van der Waals surface area contributed by atoms with E-state index in [9.17, 15) is 0 Å². The van der Waals surface area contributed by atoms with Crippen LogP contribution in [0.3, 0.4) is 0 Å². The quantitative estimate of drug-likeness (QED) is 0.454. The molecule has 0 amide bonds. The van der Waals surface area contributed by atoms with E-state index in [1.807, 2.05) is 0 Å². The smallest absolute Gasteiger partial charge is 0.00783 e. The molecule has 1 rings (SSSR count). The fraction of sp³-hybridized carbons (Fsp3) is 1.00. The highest BCUT2D eigenvalue weighted by Gasteiger charge is 2.29. The third-order valence-corrected chi connectivity index (χ3v) is 8.55. The molecular formula is C21H44N2S2.